The highest BCUT2D eigenvalue weighted by atomic mass is 14.8. The predicted octanol–water partition coefficient (Wildman–Crippen LogP) is 0.605. The topological polar surface area (TPSA) is 52.0 Å². The molecule has 1 fully saturated rings. The van der Waals surface area contributed by atoms with Gasteiger partial charge in [-0.15, -0.1) is 0 Å². The molecule has 0 amide bonds. The van der Waals surface area contributed by atoms with Gasteiger partial charge in [0, 0.05) is 12.1 Å². The van der Waals surface area contributed by atoms with Gasteiger partial charge in [0.2, 0.25) is 0 Å². The third kappa shape index (κ3) is 1.95. The van der Waals surface area contributed by atoms with Gasteiger partial charge in [-0.3, -0.25) is 0 Å². The maximum Gasteiger partial charge on any atom is 0.0192 e. The normalized spacial score (nSPS) is 38.0. The Bertz CT molecular complexity index is 73.0. The molecule has 4 N–H and O–H groups in total. The van der Waals surface area contributed by atoms with E-state index in [2.05, 4.69) is 0 Å². The van der Waals surface area contributed by atoms with Gasteiger partial charge in [0.15, 0.2) is 0 Å². The zero-order valence-electron chi connectivity index (χ0n) is 5.84. The first-order valence-electron chi connectivity index (χ1n) is 3.82. The molecule has 0 aromatic carbocycles. The van der Waals surface area contributed by atoms with E-state index in [-0.39, 0.29) is 12.1 Å². The number of hydrogen-bond acceptors (Lipinski definition) is 2. The highest BCUT2D eigenvalue weighted by molar-refractivity contribution is 4.78. The van der Waals surface area contributed by atoms with Crippen molar-refractivity contribution in [1.82, 2.24) is 0 Å². The lowest BCUT2D eigenvalue weighted by atomic mass is 10.1. The molecular formula is C7H16N2. The third-order valence-corrected chi connectivity index (χ3v) is 2.12. The highest BCUT2D eigenvalue weighted by Crippen LogP contribution is 2.14. The molecule has 0 aromatic rings. The van der Waals surface area contributed by atoms with E-state index in [1.807, 2.05) is 0 Å². The van der Waals surface area contributed by atoms with Crippen LogP contribution in [0.3, 0.4) is 0 Å². The van der Waals surface area contributed by atoms with Crippen LogP contribution < -0.4 is 11.5 Å². The Hall–Kier alpha value is -0.0800. The average Bonchev–Trinajstić information content (AvgIpc) is 1.99. The van der Waals surface area contributed by atoms with Gasteiger partial charge in [-0.1, -0.05) is 19.3 Å². The molecule has 9 heavy (non-hydrogen) atoms. The molecule has 1 rings (SSSR count). The van der Waals surface area contributed by atoms with E-state index < -0.39 is 0 Å². The molecule has 0 spiro atoms. The first-order chi connectivity index (χ1) is 4.30. The Morgan fingerprint density at radius 1 is 0.778 bits per heavy atom. The van der Waals surface area contributed by atoms with Crippen LogP contribution in [0.25, 0.3) is 0 Å². The summed E-state index contributed by atoms with van der Waals surface area (Å²) in [6, 6.07) is 0.542. The molecule has 0 radical (unpaired) electrons. The molecule has 0 bridgehead atoms. The number of hydrogen-bond donors (Lipinski definition) is 2. The van der Waals surface area contributed by atoms with Crippen LogP contribution >= 0.6 is 0 Å². The van der Waals surface area contributed by atoms with E-state index in [0.717, 1.165) is 12.8 Å². The first-order valence-corrected chi connectivity index (χ1v) is 3.82. The monoisotopic (exact) mass is 128 g/mol. The van der Waals surface area contributed by atoms with Crippen LogP contribution in [0.4, 0.5) is 0 Å². The Labute approximate surface area is 56.6 Å². The van der Waals surface area contributed by atoms with Gasteiger partial charge in [-0.2, -0.15) is 0 Å². The molecule has 1 aliphatic rings. The van der Waals surface area contributed by atoms with Crippen molar-refractivity contribution >= 4 is 0 Å². The first kappa shape index (κ1) is 7.03. The van der Waals surface area contributed by atoms with Gasteiger partial charge in [0.05, 0.1) is 0 Å². The molecule has 1 aliphatic carbocycles. The van der Waals surface area contributed by atoms with Crippen LogP contribution in [0.15, 0.2) is 0 Å². The van der Waals surface area contributed by atoms with E-state index in [1.54, 1.807) is 0 Å². The second-order valence-electron chi connectivity index (χ2n) is 2.97. The maximum atomic E-state index is 5.75. The minimum absolute atomic E-state index is 0.271. The standard InChI is InChI=1S/C7H16N2/c8-6-4-2-1-3-5-7(6)9/h6-7H,1-5,8-9H2/t6-,7-/m0/s1. The minimum Gasteiger partial charge on any atom is -0.326 e. The smallest absolute Gasteiger partial charge is 0.0192 e. The Kier molecular flexibility index (Phi) is 2.49. The van der Waals surface area contributed by atoms with Crippen LogP contribution in [-0.4, -0.2) is 12.1 Å². The summed E-state index contributed by atoms with van der Waals surface area (Å²) in [6.45, 7) is 0. The van der Waals surface area contributed by atoms with Crippen molar-refractivity contribution < 1.29 is 0 Å². The van der Waals surface area contributed by atoms with Crippen molar-refractivity contribution in [2.75, 3.05) is 0 Å². The second-order valence-corrected chi connectivity index (χ2v) is 2.97. The fourth-order valence-electron chi connectivity index (χ4n) is 1.37. The van der Waals surface area contributed by atoms with Crippen LogP contribution in [0.1, 0.15) is 32.1 Å². The van der Waals surface area contributed by atoms with Crippen LogP contribution in [-0.2, 0) is 0 Å². The molecule has 0 saturated heterocycles. The van der Waals surface area contributed by atoms with Gasteiger partial charge in [-0.25, -0.2) is 0 Å². The van der Waals surface area contributed by atoms with Crippen LogP contribution in [0.2, 0.25) is 0 Å². The van der Waals surface area contributed by atoms with Gasteiger partial charge in [0.1, 0.15) is 0 Å². The van der Waals surface area contributed by atoms with E-state index in [4.69, 9.17) is 11.5 Å². The van der Waals surface area contributed by atoms with Crippen molar-refractivity contribution in [3.63, 3.8) is 0 Å². The van der Waals surface area contributed by atoms with Crippen molar-refractivity contribution in [3.05, 3.63) is 0 Å². The summed E-state index contributed by atoms with van der Waals surface area (Å²) in [7, 11) is 0. The second kappa shape index (κ2) is 3.18. The van der Waals surface area contributed by atoms with Crippen LogP contribution in [0, 0.1) is 0 Å². The summed E-state index contributed by atoms with van der Waals surface area (Å²) >= 11 is 0. The van der Waals surface area contributed by atoms with Crippen molar-refractivity contribution in [2.24, 2.45) is 11.5 Å². The van der Waals surface area contributed by atoms with Gasteiger partial charge < -0.3 is 11.5 Å². The van der Waals surface area contributed by atoms with Crippen molar-refractivity contribution in [3.8, 4) is 0 Å². The third-order valence-electron chi connectivity index (χ3n) is 2.12. The van der Waals surface area contributed by atoms with E-state index >= 15 is 0 Å². The molecule has 2 heteroatoms. The highest BCUT2D eigenvalue weighted by Gasteiger charge is 2.15. The van der Waals surface area contributed by atoms with Crippen molar-refractivity contribution in [2.45, 2.75) is 44.2 Å². The largest absolute Gasteiger partial charge is 0.326 e. The summed E-state index contributed by atoms with van der Waals surface area (Å²) in [5.41, 5.74) is 11.5. The minimum atomic E-state index is 0.271. The zero-order chi connectivity index (χ0) is 6.69. The number of rotatable bonds is 0. The fourth-order valence-corrected chi connectivity index (χ4v) is 1.37. The summed E-state index contributed by atoms with van der Waals surface area (Å²) in [4.78, 5) is 0. The predicted molar refractivity (Wildman–Crippen MR) is 39.0 cm³/mol. The summed E-state index contributed by atoms with van der Waals surface area (Å²) in [6.07, 6.45) is 6.12. The summed E-state index contributed by atoms with van der Waals surface area (Å²) in [5, 5.41) is 0. The van der Waals surface area contributed by atoms with Gasteiger partial charge in [-0.05, 0) is 12.8 Å². The van der Waals surface area contributed by atoms with Crippen molar-refractivity contribution in [1.29, 1.82) is 0 Å². The lowest BCUT2D eigenvalue weighted by Crippen LogP contribution is -2.40. The quantitative estimate of drug-likeness (QED) is 0.469. The molecule has 0 aromatic heterocycles. The molecule has 2 nitrogen and oxygen atoms in total. The Balaban J connectivity index is 2.32. The molecule has 0 heterocycles. The average molecular weight is 128 g/mol. The van der Waals surface area contributed by atoms with E-state index in [9.17, 15) is 0 Å². The molecule has 0 aliphatic heterocycles. The molecule has 2 atom stereocenters. The lowest BCUT2D eigenvalue weighted by Gasteiger charge is -2.14. The van der Waals surface area contributed by atoms with E-state index in [0.29, 0.717) is 0 Å². The molecule has 54 valence electrons. The SMILES string of the molecule is N[C@H]1CCCCC[C@@H]1N. The van der Waals surface area contributed by atoms with Crippen LogP contribution in [0.5, 0.6) is 0 Å². The summed E-state index contributed by atoms with van der Waals surface area (Å²) < 4.78 is 0. The number of nitrogens with two attached hydrogens (primary N) is 2. The zero-order valence-corrected chi connectivity index (χ0v) is 5.84. The fraction of sp³-hybridized carbons (Fsp3) is 1.00. The maximum absolute atomic E-state index is 5.75. The molecule has 0 unspecified atom stereocenters. The lowest BCUT2D eigenvalue weighted by molar-refractivity contribution is 0.500. The van der Waals surface area contributed by atoms with E-state index in [1.165, 1.54) is 19.3 Å². The Morgan fingerprint density at radius 2 is 1.22 bits per heavy atom. The molecule has 1 saturated carbocycles. The van der Waals surface area contributed by atoms with Gasteiger partial charge >= 0.3 is 0 Å². The summed E-state index contributed by atoms with van der Waals surface area (Å²) in [5.74, 6) is 0. The Morgan fingerprint density at radius 3 is 1.67 bits per heavy atom. The molecular weight excluding hydrogens is 112 g/mol. The van der Waals surface area contributed by atoms with Gasteiger partial charge in [0.25, 0.3) is 0 Å².